The zero-order chi connectivity index (χ0) is 10.5. The average Bonchev–Trinajstić information content (AvgIpc) is 2.79. The molecule has 1 fully saturated rings. The Bertz CT molecular complexity index is 274. The molecule has 1 aromatic heterocycles. The van der Waals surface area contributed by atoms with Gasteiger partial charge in [-0.1, -0.05) is 12.1 Å². The summed E-state index contributed by atoms with van der Waals surface area (Å²) >= 11 is 0. The van der Waals surface area contributed by atoms with Gasteiger partial charge in [0.25, 0.3) is 0 Å². The van der Waals surface area contributed by atoms with Gasteiger partial charge in [-0.05, 0) is 19.3 Å². The van der Waals surface area contributed by atoms with Gasteiger partial charge in [-0.25, -0.2) is 0 Å². The Labute approximate surface area is 90.0 Å². The molecule has 2 atom stereocenters. The maximum atomic E-state index is 5.62. The van der Waals surface area contributed by atoms with Crippen LogP contribution in [0.1, 0.15) is 31.9 Å². The van der Waals surface area contributed by atoms with Gasteiger partial charge in [0.1, 0.15) is 6.26 Å². The fraction of sp³-hybridized carbons (Fsp3) is 0.727. The predicted octanol–water partition coefficient (Wildman–Crippen LogP) is 1.72. The van der Waals surface area contributed by atoms with Crippen LogP contribution in [-0.2, 0) is 11.3 Å². The second-order valence-corrected chi connectivity index (χ2v) is 3.99. The Morgan fingerprint density at radius 1 is 1.60 bits per heavy atom. The van der Waals surface area contributed by atoms with E-state index in [-0.39, 0.29) is 0 Å². The minimum Gasteiger partial charge on any atom is -0.378 e. The van der Waals surface area contributed by atoms with Gasteiger partial charge in [-0.3, -0.25) is 0 Å². The molecule has 0 radical (unpaired) electrons. The van der Waals surface area contributed by atoms with E-state index in [4.69, 9.17) is 9.26 Å². The maximum Gasteiger partial charge on any atom is 0.124 e. The summed E-state index contributed by atoms with van der Waals surface area (Å²) in [7, 11) is 0. The maximum absolute atomic E-state index is 5.62. The average molecular weight is 210 g/mol. The third-order valence-corrected chi connectivity index (χ3v) is 2.89. The van der Waals surface area contributed by atoms with Crippen molar-refractivity contribution in [3.8, 4) is 0 Å². The van der Waals surface area contributed by atoms with E-state index in [0.29, 0.717) is 12.1 Å². The molecule has 1 aromatic rings. The summed E-state index contributed by atoms with van der Waals surface area (Å²) in [6, 6.07) is 2.45. The lowest BCUT2D eigenvalue weighted by molar-refractivity contribution is -0.000398. The molecule has 1 aliphatic heterocycles. The van der Waals surface area contributed by atoms with E-state index in [1.807, 2.05) is 6.07 Å². The van der Waals surface area contributed by atoms with Crippen LogP contribution in [0.25, 0.3) is 0 Å². The molecule has 0 bridgehead atoms. The third-order valence-electron chi connectivity index (χ3n) is 2.89. The van der Waals surface area contributed by atoms with Gasteiger partial charge in [0.05, 0.1) is 11.8 Å². The first-order chi connectivity index (χ1) is 7.38. The molecule has 0 amide bonds. The van der Waals surface area contributed by atoms with Crippen LogP contribution in [0.2, 0.25) is 0 Å². The predicted molar refractivity (Wildman–Crippen MR) is 56.4 cm³/mol. The number of ether oxygens (including phenoxy) is 1. The van der Waals surface area contributed by atoms with Crippen molar-refractivity contribution in [3.63, 3.8) is 0 Å². The molecule has 2 heterocycles. The summed E-state index contributed by atoms with van der Waals surface area (Å²) in [6.45, 7) is 3.83. The van der Waals surface area contributed by atoms with E-state index in [2.05, 4.69) is 17.4 Å². The molecule has 2 rings (SSSR count). The zero-order valence-electron chi connectivity index (χ0n) is 9.11. The van der Waals surface area contributed by atoms with E-state index in [0.717, 1.165) is 38.1 Å². The monoisotopic (exact) mass is 210 g/mol. The number of nitrogens with one attached hydrogen (secondary N) is 1. The summed E-state index contributed by atoms with van der Waals surface area (Å²) < 4.78 is 10.4. The van der Waals surface area contributed by atoms with Crippen molar-refractivity contribution in [1.82, 2.24) is 10.5 Å². The number of rotatable bonds is 4. The fourth-order valence-corrected chi connectivity index (χ4v) is 1.93. The second kappa shape index (κ2) is 5.28. The summed E-state index contributed by atoms with van der Waals surface area (Å²) in [5, 5.41) is 7.36. The van der Waals surface area contributed by atoms with Gasteiger partial charge in [-0.15, -0.1) is 0 Å². The molecular formula is C11H18N2O2. The van der Waals surface area contributed by atoms with Gasteiger partial charge in [0.2, 0.25) is 0 Å². The zero-order valence-corrected chi connectivity index (χ0v) is 9.11. The number of nitrogens with zero attached hydrogens (tertiary/aromatic N) is 1. The van der Waals surface area contributed by atoms with Crippen LogP contribution in [0.5, 0.6) is 0 Å². The van der Waals surface area contributed by atoms with Gasteiger partial charge in [0, 0.05) is 25.3 Å². The Kier molecular flexibility index (Phi) is 3.75. The topological polar surface area (TPSA) is 47.3 Å². The van der Waals surface area contributed by atoms with E-state index < -0.39 is 0 Å². The summed E-state index contributed by atoms with van der Waals surface area (Å²) in [4.78, 5) is 0. The first-order valence-corrected chi connectivity index (χ1v) is 5.62. The van der Waals surface area contributed by atoms with Crippen LogP contribution in [0, 0.1) is 0 Å². The largest absolute Gasteiger partial charge is 0.378 e. The lowest BCUT2D eigenvalue weighted by Gasteiger charge is -2.29. The summed E-state index contributed by atoms with van der Waals surface area (Å²) in [5.74, 6) is 0. The molecule has 0 aromatic carbocycles. The number of hydrogen-bond donors (Lipinski definition) is 1. The van der Waals surface area contributed by atoms with Crippen molar-refractivity contribution in [3.05, 3.63) is 18.0 Å². The second-order valence-electron chi connectivity index (χ2n) is 3.99. The fourth-order valence-electron chi connectivity index (χ4n) is 1.93. The lowest BCUT2D eigenvalue weighted by atomic mass is 10.0. The standard InChI is InChI=1S/C11H18N2O2/c1-2-11-7-9(3-5-14-11)12-8-10-4-6-15-13-10/h4,6,9,11-12H,2-3,5,7-8H2,1H3. The summed E-state index contributed by atoms with van der Waals surface area (Å²) in [6.07, 6.45) is 5.33. The molecular weight excluding hydrogens is 192 g/mol. The SMILES string of the molecule is CCC1CC(NCc2ccon2)CCO1. The van der Waals surface area contributed by atoms with Crippen molar-refractivity contribution in [1.29, 1.82) is 0 Å². The van der Waals surface area contributed by atoms with Crippen LogP contribution in [0.15, 0.2) is 16.9 Å². The van der Waals surface area contributed by atoms with Crippen molar-refractivity contribution >= 4 is 0 Å². The molecule has 2 unspecified atom stereocenters. The van der Waals surface area contributed by atoms with Crippen molar-refractivity contribution in [2.75, 3.05) is 6.61 Å². The molecule has 1 N–H and O–H groups in total. The molecule has 0 saturated carbocycles. The molecule has 4 nitrogen and oxygen atoms in total. The van der Waals surface area contributed by atoms with Crippen LogP contribution in [-0.4, -0.2) is 23.9 Å². The molecule has 0 aliphatic carbocycles. The minimum atomic E-state index is 0.425. The number of aromatic nitrogens is 1. The van der Waals surface area contributed by atoms with Gasteiger partial charge >= 0.3 is 0 Å². The minimum absolute atomic E-state index is 0.425. The lowest BCUT2D eigenvalue weighted by Crippen LogP contribution is -2.38. The number of hydrogen-bond acceptors (Lipinski definition) is 4. The third kappa shape index (κ3) is 3.04. The van der Waals surface area contributed by atoms with Crippen molar-refractivity contribution in [2.24, 2.45) is 0 Å². The highest BCUT2D eigenvalue weighted by Gasteiger charge is 2.20. The first kappa shape index (κ1) is 10.6. The molecule has 1 saturated heterocycles. The normalized spacial score (nSPS) is 26.7. The molecule has 0 spiro atoms. The van der Waals surface area contributed by atoms with Gasteiger partial charge in [0.15, 0.2) is 0 Å². The highest BCUT2D eigenvalue weighted by molar-refractivity contribution is 4.95. The first-order valence-electron chi connectivity index (χ1n) is 5.62. The molecule has 15 heavy (non-hydrogen) atoms. The van der Waals surface area contributed by atoms with E-state index >= 15 is 0 Å². The van der Waals surface area contributed by atoms with Crippen LogP contribution < -0.4 is 5.32 Å². The van der Waals surface area contributed by atoms with Crippen molar-refractivity contribution < 1.29 is 9.26 Å². The highest BCUT2D eigenvalue weighted by atomic mass is 16.5. The Morgan fingerprint density at radius 2 is 2.53 bits per heavy atom. The van der Waals surface area contributed by atoms with Gasteiger partial charge < -0.3 is 14.6 Å². The van der Waals surface area contributed by atoms with Crippen molar-refractivity contribution in [2.45, 2.75) is 44.9 Å². The van der Waals surface area contributed by atoms with Crippen LogP contribution in [0.3, 0.4) is 0 Å². The smallest absolute Gasteiger partial charge is 0.124 e. The molecule has 1 aliphatic rings. The highest BCUT2D eigenvalue weighted by Crippen LogP contribution is 2.16. The Morgan fingerprint density at radius 3 is 3.27 bits per heavy atom. The van der Waals surface area contributed by atoms with E-state index in [1.54, 1.807) is 6.26 Å². The van der Waals surface area contributed by atoms with E-state index in [1.165, 1.54) is 0 Å². The van der Waals surface area contributed by atoms with Crippen LogP contribution in [0.4, 0.5) is 0 Å². The molecule has 84 valence electrons. The quantitative estimate of drug-likeness (QED) is 0.822. The Hall–Kier alpha value is -0.870. The summed E-state index contributed by atoms with van der Waals surface area (Å²) in [5.41, 5.74) is 0.967. The van der Waals surface area contributed by atoms with Gasteiger partial charge in [-0.2, -0.15) is 0 Å². The van der Waals surface area contributed by atoms with E-state index in [9.17, 15) is 0 Å². The Balaban J connectivity index is 1.74. The molecule has 4 heteroatoms. The van der Waals surface area contributed by atoms with Crippen LogP contribution >= 0.6 is 0 Å².